The number of pyridine rings is 1. The molecule has 78 valence electrons. The molecule has 1 aromatic rings. The Morgan fingerprint density at radius 3 is 2.71 bits per heavy atom. The highest BCUT2D eigenvalue weighted by molar-refractivity contribution is 5.53. The fourth-order valence-electron chi connectivity index (χ4n) is 1.15. The molecule has 0 aliphatic rings. The van der Waals surface area contributed by atoms with Gasteiger partial charge >= 0.3 is 0 Å². The summed E-state index contributed by atoms with van der Waals surface area (Å²) in [7, 11) is 1.28. The molecule has 4 nitrogen and oxygen atoms in total. The number of alkyl halides is 2. The average molecular weight is 204 g/mol. The van der Waals surface area contributed by atoms with E-state index in [1.165, 1.54) is 7.11 Å². The molecule has 0 aliphatic heterocycles. The minimum Gasteiger partial charge on any atom is -0.481 e. The Bertz CT molecular complexity index is 331. The summed E-state index contributed by atoms with van der Waals surface area (Å²) in [5.41, 5.74) is 4.68. The second kappa shape index (κ2) is 4.19. The van der Waals surface area contributed by atoms with Crippen LogP contribution in [-0.2, 0) is 6.61 Å². The molecule has 1 rings (SSSR count). The maximum atomic E-state index is 12.5. The first kappa shape index (κ1) is 10.6. The van der Waals surface area contributed by atoms with Crippen LogP contribution in [0.2, 0.25) is 0 Å². The molecular formula is C8H10F2N2O2. The Kier molecular flexibility index (Phi) is 3.19. The van der Waals surface area contributed by atoms with Gasteiger partial charge in [0.25, 0.3) is 6.43 Å². The minimum absolute atomic E-state index is 0.0306. The van der Waals surface area contributed by atoms with Crippen LogP contribution >= 0.6 is 0 Å². The summed E-state index contributed by atoms with van der Waals surface area (Å²) >= 11 is 0. The Morgan fingerprint density at radius 1 is 1.64 bits per heavy atom. The first-order valence-corrected chi connectivity index (χ1v) is 3.82. The smallest absolute Gasteiger partial charge is 0.266 e. The number of aromatic nitrogens is 1. The molecule has 14 heavy (non-hydrogen) atoms. The van der Waals surface area contributed by atoms with Crippen LogP contribution in [0.4, 0.5) is 14.5 Å². The number of halogens is 2. The van der Waals surface area contributed by atoms with Crippen molar-refractivity contribution >= 4 is 5.69 Å². The normalized spacial score (nSPS) is 10.6. The van der Waals surface area contributed by atoms with Crippen molar-refractivity contribution in [1.82, 2.24) is 4.98 Å². The number of rotatable bonds is 3. The van der Waals surface area contributed by atoms with Gasteiger partial charge in [0.05, 0.1) is 36.7 Å². The number of hydrogen-bond donors (Lipinski definition) is 2. The maximum Gasteiger partial charge on any atom is 0.266 e. The van der Waals surface area contributed by atoms with Gasteiger partial charge in [0.15, 0.2) is 0 Å². The third-order valence-electron chi connectivity index (χ3n) is 1.78. The van der Waals surface area contributed by atoms with Gasteiger partial charge in [-0.15, -0.1) is 0 Å². The van der Waals surface area contributed by atoms with Crippen LogP contribution in [0.25, 0.3) is 0 Å². The number of aliphatic hydroxyl groups excluding tert-OH is 1. The Morgan fingerprint density at radius 2 is 2.29 bits per heavy atom. The average Bonchev–Trinajstić information content (AvgIpc) is 2.16. The fourth-order valence-corrected chi connectivity index (χ4v) is 1.15. The number of nitrogens with two attached hydrogens (primary N) is 1. The SMILES string of the molecule is COc1ncc(N)c(C(F)F)c1CO. The molecule has 0 fully saturated rings. The van der Waals surface area contributed by atoms with Gasteiger partial charge in [0.1, 0.15) is 0 Å². The van der Waals surface area contributed by atoms with Crippen molar-refractivity contribution in [1.29, 1.82) is 0 Å². The van der Waals surface area contributed by atoms with Crippen molar-refractivity contribution in [3.8, 4) is 5.88 Å². The lowest BCUT2D eigenvalue weighted by Gasteiger charge is -2.12. The van der Waals surface area contributed by atoms with Gasteiger partial charge < -0.3 is 15.6 Å². The summed E-state index contributed by atoms with van der Waals surface area (Å²) in [5, 5.41) is 8.89. The monoisotopic (exact) mass is 204 g/mol. The number of methoxy groups -OCH3 is 1. The zero-order valence-electron chi connectivity index (χ0n) is 7.50. The van der Waals surface area contributed by atoms with E-state index in [1.54, 1.807) is 0 Å². The van der Waals surface area contributed by atoms with E-state index in [1.807, 2.05) is 0 Å². The van der Waals surface area contributed by atoms with Crippen LogP contribution < -0.4 is 10.5 Å². The standard InChI is InChI=1S/C8H10F2N2O2/c1-14-8-4(3-13)6(7(9)10)5(11)2-12-8/h2,7,13H,3,11H2,1H3. The second-order valence-corrected chi connectivity index (χ2v) is 2.57. The van der Waals surface area contributed by atoms with Crippen molar-refractivity contribution in [2.45, 2.75) is 13.0 Å². The number of anilines is 1. The summed E-state index contributed by atoms with van der Waals surface area (Å²) < 4.78 is 29.8. The highest BCUT2D eigenvalue weighted by atomic mass is 19.3. The molecule has 6 heteroatoms. The van der Waals surface area contributed by atoms with Crippen LogP contribution in [0.3, 0.4) is 0 Å². The molecule has 0 atom stereocenters. The van der Waals surface area contributed by atoms with Crippen molar-refractivity contribution in [2.24, 2.45) is 0 Å². The molecule has 1 heterocycles. The molecule has 0 aromatic carbocycles. The summed E-state index contributed by atoms with van der Waals surface area (Å²) in [5.74, 6) is -0.0306. The van der Waals surface area contributed by atoms with E-state index in [-0.39, 0.29) is 17.1 Å². The van der Waals surface area contributed by atoms with E-state index in [4.69, 9.17) is 15.6 Å². The second-order valence-electron chi connectivity index (χ2n) is 2.57. The third kappa shape index (κ3) is 1.74. The Balaban J connectivity index is 3.35. The van der Waals surface area contributed by atoms with Crippen molar-refractivity contribution in [2.75, 3.05) is 12.8 Å². The summed E-state index contributed by atoms with van der Waals surface area (Å²) in [6.07, 6.45) is -1.67. The highest BCUT2D eigenvalue weighted by Gasteiger charge is 2.20. The number of nitrogen functional groups attached to an aromatic ring is 1. The summed E-state index contributed by atoms with van der Waals surface area (Å²) in [6.45, 7) is -0.582. The summed E-state index contributed by atoms with van der Waals surface area (Å²) in [6, 6.07) is 0. The van der Waals surface area contributed by atoms with Crippen LogP contribution in [0.15, 0.2) is 6.20 Å². The number of aliphatic hydroxyl groups is 1. The van der Waals surface area contributed by atoms with Gasteiger partial charge in [-0.1, -0.05) is 0 Å². The van der Waals surface area contributed by atoms with Crippen LogP contribution in [0, 0.1) is 0 Å². The predicted molar refractivity (Wildman–Crippen MR) is 46.1 cm³/mol. The maximum absolute atomic E-state index is 12.5. The van der Waals surface area contributed by atoms with Crippen LogP contribution in [0.5, 0.6) is 5.88 Å². The van der Waals surface area contributed by atoms with Crippen LogP contribution in [-0.4, -0.2) is 17.2 Å². The van der Waals surface area contributed by atoms with Gasteiger partial charge in [0, 0.05) is 0 Å². The van der Waals surface area contributed by atoms with E-state index in [0.717, 1.165) is 6.20 Å². The molecule has 0 bridgehead atoms. The van der Waals surface area contributed by atoms with Crippen molar-refractivity contribution in [3.05, 3.63) is 17.3 Å². The lowest BCUT2D eigenvalue weighted by Crippen LogP contribution is -2.05. The quantitative estimate of drug-likeness (QED) is 0.773. The zero-order chi connectivity index (χ0) is 10.7. The van der Waals surface area contributed by atoms with Gasteiger partial charge in [-0.25, -0.2) is 13.8 Å². The van der Waals surface area contributed by atoms with Crippen molar-refractivity contribution in [3.63, 3.8) is 0 Å². The minimum atomic E-state index is -2.76. The molecule has 0 radical (unpaired) electrons. The molecule has 0 saturated carbocycles. The number of nitrogens with zero attached hydrogens (tertiary/aromatic N) is 1. The van der Waals surface area contributed by atoms with Crippen molar-refractivity contribution < 1.29 is 18.6 Å². The van der Waals surface area contributed by atoms with E-state index in [2.05, 4.69) is 4.98 Å². The molecule has 0 saturated heterocycles. The van der Waals surface area contributed by atoms with Crippen LogP contribution in [0.1, 0.15) is 17.6 Å². The topological polar surface area (TPSA) is 68.4 Å². The fraction of sp³-hybridized carbons (Fsp3) is 0.375. The molecule has 0 amide bonds. The largest absolute Gasteiger partial charge is 0.481 e. The summed E-state index contributed by atoms with van der Waals surface area (Å²) in [4.78, 5) is 3.67. The van der Waals surface area contributed by atoms with E-state index in [0.29, 0.717) is 0 Å². The number of hydrogen-bond acceptors (Lipinski definition) is 4. The van der Waals surface area contributed by atoms with E-state index < -0.39 is 18.6 Å². The lowest BCUT2D eigenvalue weighted by atomic mass is 10.1. The van der Waals surface area contributed by atoms with Gasteiger partial charge in [-0.05, 0) is 0 Å². The molecule has 0 aliphatic carbocycles. The van der Waals surface area contributed by atoms with Gasteiger partial charge in [-0.3, -0.25) is 0 Å². The Hall–Kier alpha value is -1.43. The first-order chi connectivity index (χ1) is 6.61. The molecule has 0 spiro atoms. The molecule has 0 unspecified atom stereocenters. The molecular weight excluding hydrogens is 194 g/mol. The van der Waals surface area contributed by atoms with Gasteiger partial charge in [-0.2, -0.15) is 0 Å². The third-order valence-corrected chi connectivity index (χ3v) is 1.78. The Labute approximate surface area is 79.3 Å². The zero-order valence-corrected chi connectivity index (χ0v) is 7.50. The molecule has 3 N–H and O–H groups in total. The highest BCUT2D eigenvalue weighted by Crippen LogP contribution is 2.32. The van der Waals surface area contributed by atoms with Gasteiger partial charge in [0.2, 0.25) is 5.88 Å². The lowest BCUT2D eigenvalue weighted by molar-refractivity contribution is 0.146. The number of ether oxygens (including phenoxy) is 1. The predicted octanol–water partition coefficient (Wildman–Crippen LogP) is 1.10. The van der Waals surface area contributed by atoms with E-state index in [9.17, 15) is 8.78 Å². The first-order valence-electron chi connectivity index (χ1n) is 3.82. The van der Waals surface area contributed by atoms with E-state index >= 15 is 0 Å². The molecule has 1 aromatic heterocycles.